The van der Waals surface area contributed by atoms with Gasteiger partial charge in [-0.2, -0.15) is 0 Å². The third-order valence-electron chi connectivity index (χ3n) is 4.72. The lowest BCUT2D eigenvalue weighted by molar-refractivity contribution is -0.160. The van der Waals surface area contributed by atoms with Crippen LogP contribution in [0.5, 0.6) is 0 Å². The molecule has 114 valence electrons. The number of piperidine rings is 1. The summed E-state index contributed by atoms with van der Waals surface area (Å²) in [5.41, 5.74) is 6.11. The number of nitrogens with zero attached hydrogens (tertiary/aromatic N) is 2. The molecule has 5 nitrogen and oxygen atoms in total. The highest BCUT2D eigenvalue weighted by Gasteiger charge is 2.43. The number of likely N-dealkylation sites (tertiary alicyclic amines) is 1. The van der Waals surface area contributed by atoms with Gasteiger partial charge in [0.1, 0.15) is 6.10 Å². The van der Waals surface area contributed by atoms with Gasteiger partial charge < -0.3 is 20.1 Å². The third kappa shape index (κ3) is 3.09. The lowest BCUT2D eigenvalue weighted by atomic mass is 10.0. The Bertz CT molecular complexity index is 366. The Kier molecular flexibility index (Phi) is 4.17. The standard InChI is InChI=1S/C15H27N3O2/c1-12-5-4-8-18(10-12)14(16)17-9-13-11-19-15(20-13)6-2-3-7-15/h12-13H,2-11H2,1H3,(H2,16,17). The summed E-state index contributed by atoms with van der Waals surface area (Å²) in [5, 5.41) is 0. The fraction of sp³-hybridized carbons (Fsp3) is 0.933. The molecule has 3 fully saturated rings. The van der Waals surface area contributed by atoms with Crippen LogP contribution in [0.1, 0.15) is 45.4 Å². The largest absolute Gasteiger partial charge is 0.370 e. The van der Waals surface area contributed by atoms with Crippen molar-refractivity contribution in [1.29, 1.82) is 0 Å². The molecule has 2 unspecified atom stereocenters. The van der Waals surface area contributed by atoms with Crippen LogP contribution in [0, 0.1) is 5.92 Å². The van der Waals surface area contributed by atoms with Crippen molar-refractivity contribution < 1.29 is 9.47 Å². The molecular formula is C15H27N3O2. The molecule has 0 radical (unpaired) electrons. The average Bonchev–Trinajstić information content (AvgIpc) is 3.07. The Balaban J connectivity index is 1.49. The second kappa shape index (κ2) is 5.90. The summed E-state index contributed by atoms with van der Waals surface area (Å²) in [6.07, 6.45) is 7.08. The van der Waals surface area contributed by atoms with Crippen molar-refractivity contribution in [3.05, 3.63) is 0 Å². The summed E-state index contributed by atoms with van der Waals surface area (Å²) < 4.78 is 11.9. The normalized spacial score (nSPS) is 34.0. The zero-order valence-corrected chi connectivity index (χ0v) is 12.5. The third-order valence-corrected chi connectivity index (χ3v) is 4.72. The molecule has 0 amide bonds. The molecule has 2 aliphatic heterocycles. The van der Waals surface area contributed by atoms with Crippen LogP contribution in [-0.4, -0.2) is 49.0 Å². The van der Waals surface area contributed by atoms with E-state index in [2.05, 4.69) is 16.8 Å². The van der Waals surface area contributed by atoms with Crippen molar-refractivity contribution in [1.82, 2.24) is 4.90 Å². The van der Waals surface area contributed by atoms with Gasteiger partial charge in [-0.15, -0.1) is 0 Å². The summed E-state index contributed by atoms with van der Waals surface area (Å²) in [6.45, 7) is 5.62. The van der Waals surface area contributed by atoms with Gasteiger partial charge in [-0.05, 0) is 31.6 Å². The molecule has 5 heteroatoms. The minimum Gasteiger partial charge on any atom is -0.370 e. The second-order valence-corrected chi connectivity index (χ2v) is 6.56. The van der Waals surface area contributed by atoms with E-state index in [1.54, 1.807) is 0 Å². The lowest BCUT2D eigenvalue weighted by Crippen LogP contribution is -2.44. The van der Waals surface area contributed by atoms with Crippen LogP contribution in [0.3, 0.4) is 0 Å². The molecule has 2 N–H and O–H groups in total. The van der Waals surface area contributed by atoms with E-state index in [-0.39, 0.29) is 11.9 Å². The zero-order chi connectivity index (χ0) is 14.0. The van der Waals surface area contributed by atoms with Crippen molar-refractivity contribution in [3.8, 4) is 0 Å². The first-order chi connectivity index (χ1) is 9.67. The molecule has 2 heterocycles. The number of hydrogen-bond donors (Lipinski definition) is 1. The maximum Gasteiger partial charge on any atom is 0.191 e. The predicted octanol–water partition coefficient (Wildman–Crippen LogP) is 1.72. The van der Waals surface area contributed by atoms with E-state index in [0.29, 0.717) is 25.0 Å². The maximum absolute atomic E-state index is 6.11. The van der Waals surface area contributed by atoms with E-state index in [1.165, 1.54) is 25.7 Å². The highest BCUT2D eigenvalue weighted by molar-refractivity contribution is 5.78. The van der Waals surface area contributed by atoms with Crippen LogP contribution in [-0.2, 0) is 9.47 Å². The Morgan fingerprint density at radius 2 is 2.15 bits per heavy atom. The molecule has 3 aliphatic rings. The van der Waals surface area contributed by atoms with E-state index in [1.807, 2.05) is 0 Å². The smallest absolute Gasteiger partial charge is 0.191 e. The summed E-state index contributed by atoms with van der Waals surface area (Å²) in [4.78, 5) is 6.74. The summed E-state index contributed by atoms with van der Waals surface area (Å²) in [5.74, 6) is 1.10. The van der Waals surface area contributed by atoms with Crippen LogP contribution in [0.15, 0.2) is 4.99 Å². The molecule has 20 heavy (non-hydrogen) atoms. The Labute approximate surface area is 121 Å². The summed E-state index contributed by atoms with van der Waals surface area (Å²) in [6, 6.07) is 0. The van der Waals surface area contributed by atoms with Gasteiger partial charge in [0, 0.05) is 25.9 Å². The molecule has 3 rings (SSSR count). The number of aliphatic imine (C=N–C) groups is 1. The first-order valence-electron chi connectivity index (χ1n) is 8.03. The predicted molar refractivity (Wildman–Crippen MR) is 78.5 cm³/mol. The fourth-order valence-corrected chi connectivity index (χ4v) is 3.58. The van der Waals surface area contributed by atoms with E-state index in [0.717, 1.165) is 25.9 Å². The van der Waals surface area contributed by atoms with Gasteiger partial charge in [0.15, 0.2) is 11.7 Å². The first-order valence-corrected chi connectivity index (χ1v) is 8.03. The van der Waals surface area contributed by atoms with Gasteiger partial charge in [-0.25, -0.2) is 0 Å². The van der Waals surface area contributed by atoms with E-state index in [9.17, 15) is 0 Å². The summed E-state index contributed by atoms with van der Waals surface area (Å²) in [7, 11) is 0. The van der Waals surface area contributed by atoms with Crippen LogP contribution < -0.4 is 5.73 Å². The van der Waals surface area contributed by atoms with Crippen LogP contribution in [0.2, 0.25) is 0 Å². The first kappa shape index (κ1) is 14.1. The molecule has 1 spiro atoms. The molecule has 0 bridgehead atoms. The fourth-order valence-electron chi connectivity index (χ4n) is 3.58. The van der Waals surface area contributed by atoms with Gasteiger partial charge in [-0.3, -0.25) is 4.99 Å². The molecule has 0 aromatic carbocycles. The maximum atomic E-state index is 6.11. The SMILES string of the molecule is CC1CCCN(C(N)=NCC2COC3(CCCC3)O2)C1. The molecule has 2 atom stereocenters. The number of rotatable bonds is 2. The van der Waals surface area contributed by atoms with Crippen LogP contribution in [0.25, 0.3) is 0 Å². The number of guanidine groups is 1. The second-order valence-electron chi connectivity index (χ2n) is 6.56. The van der Waals surface area contributed by atoms with E-state index < -0.39 is 0 Å². The van der Waals surface area contributed by atoms with Crippen LogP contribution >= 0.6 is 0 Å². The number of hydrogen-bond acceptors (Lipinski definition) is 3. The van der Waals surface area contributed by atoms with Crippen molar-refractivity contribution >= 4 is 5.96 Å². The monoisotopic (exact) mass is 281 g/mol. The van der Waals surface area contributed by atoms with Crippen molar-refractivity contribution in [3.63, 3.8) is 0 Å². The lowest BCUT2D eigenvalue weighted by Gasteiger charge is -2.31. The highest BCUT2D eigenvalue weighted by Crippen LogP contribution is 2.39. The average molecular weight is 281 g/mol. The Morgan fingerprint density at radius 3 is 2.90 bits per heavy atom. The van der Waals surface area contributed by atoms with Crippen molar-refractivity contribution in [2.45, 2.75) is 57.3 Å². The molecule has 0 aromatic heterocycles. The Hall–Kier alpha value is -0.810. The quantitative estimate of drug-likeness (QED) is 0.618. The molecule has 1 saturated carbocycles. The number of nitrogens with two attached hydrogens (primary N) is 1. The summed E-state index contributed by atoms with van der Waals surface area (Å²) >= 11 is 0. The van der Waals surface area contributed by atoms with Crippen molar-refractivity contribution in [2.24, 2.45) is 16.6 Å². The number of ether oxygens (including phenoxy) is 2. The van der Waals surface area contributed by atoms with Gasteiger partial charge >= 0.3 is 0 Å². The molecule has 1 aliphatic carbocycles. The minimum absolute atomic E-state index is 0.0777. The van der Waals surface area contributed by atoms with Crippen LogP contribution in [0.4, 0.5) is 0 Å². The zero-order valence-electron chi connectivity index (χ0n) is 12.5. The molecule has 2 saturated heterocycles. The van der Waals surface area contributed by atoms with Gasteiger partial charge in [0.05, 0.1) is 13.2 Å². The minimum atomic E-state index is -0.283. The van der Waals surface area contributed by atoms with Gasteiger partial charge in [0.2, 0.25) is 0 Å². The van der Waals surface area contributed by atoms with Gasteiger partial charge in [0.25, 0.3) is 0 Å². The molecular weight excluding hydrogens is 254 g/mol. The van der Waals surface area contributed by atoms with Gasteiger partial charge in [-0.1, -0.05) is 6.92 Å². The molecule has 0 aromatic rings. The highest BCUT2D eigenvalue weighted by atomic mass is 16.7. The van der Waals surface area contributed by atoms with Crippen molar-refractivity contribution in [2.75, 3.05) is 26.2 Å². The van der Waals surface area contributed by atoms with E-state index in [4.69, 9.17) is 15.2 Å². The topological polar surface area (TPSA) is 60.1 Å². The van der Waals surface area contributed by atoms with E-state index >= 15 is 0 Å². The Morgan fingerprint density at radius 1 is 1.35 bits per heavy atom.